The van der Waals surface area contributed by atoms with Crippen molar-refractivity contribution in [2.45, 2.75) is 85.0 Å². The molecular weight excluding hydrogens is 458 g/mol. The van der Waals surface area contributed by atoms with E-state index < -0.39 is 0 Å². The summed E-state index contributed by atoms with van der Waals surface area (Å²) in [7, 11) is 0. The Kier molecular flexibility index (Phi) is 6.33. The number of hydrogen-bond acceptors (Lipinski definition) is 0. The molecular formula is C37H43N. The van der Waals surface area contributed by atoms with Crippen molar-refractivity contribution < 1.29 is 0 Å². The first-order valence-corrected chi connectivity index (χ1v) is 14.1. The molecule has 1 aromatic heterocycles. The molecule has 1 nitrogen and oxygen atoms in total. The van der Waals surface area contributed by atoms with Crippen molar-refractivity contribution in [1.29, 1.82) is 0 Å². The summed E-state index contributed by atoms with van der Waals surface area (Å²) in [4.78, 5) is 0. The van der Waals surface area contributed by atoms with Gasteiger partial charge >= 0.3 is 0 Å². The third-order valence-corrected chi connectivity index (χ3v) is 8.39. The van der Waals surface area contributed by atoms with E-state index in [-0.39, 0.29) is 16.2 Å². The average Bonchev–Trinajstić information content (AvgIpc) is 3.21. The van der Waals surface area contributed by atoms with Gasteiger partial charge in [0.25, 0.3) is 0 Å². The third kappa shape index (κ3) is 4.47. The van der Waals surface area contributed by atoms with E-state index in [1.807, 2.05) is 0 Å². The van der Waals surface area contributed by atoms with Crippen LogP contribution in [-0.2, 0) is 16.2 Å². The van der Waals surface area contributed by atoms with Gasteiger partial charge in [-0.05, 0) is 74.7 Å². The Balaban J connectivity index is 1.95. The average molecular weight is 502 g/mol. The topological polar surface area (TPSA) is 4.93 Å². The summed E-state index contributed by atoms with van der Waals surface area (Å²) < 4.78 is 2.44. The largest absolute Gasteiger partial charge is 0.309 e. The summed E-state index contributed by atoms with van der Waals surface area (Å²) in [6.45, 7) is 21.1. The van der Waals surface area contributed by atoms with E-state index in [2.05, 4.69) is 152 Å². The van der Waals surface area contributed by atoms with Gasteiger partial charge in [0.05, 0.1) is 11.0 Å². The number of aromatic nitrogens is 1. The highest BCUT2D eigenvalue weighted by molar-refractivity contribution is 6.13. The second-order valence-electron chi connectivity index (χ2n) is 13.6. The molecule has 0 aliphatic carbocycles. The lowest BCUT2D eigenvalue weighted by atomic mass is 9.74. The Morgan fingerprint density at radius 1 is 0.605 bits per heavy atom. The molecule has 5 aromatic rings. The predicted molar refractivity (Wildman–Crippen MR) is 167 cm³/mol. The highest BCUT2D eigenvalue weighted by Crippen LogP contribution is 2.46. The van der Waals surface area contributed by atoms with Crippen LogP contribution < -0.4 is 0 Å². The minimum absolute atomic E-state index is 0.000118. The molecule has 5 rings (SSSR count). The maximum Gasteiger partial charge on any atom is 0.0544 e. The first-order chi connectivity index (χ1) is 17.8. The van der Waals surface area contributed by atoms with Gasteiger partial charge in [0.15, 0.2) is 0 Å². The molecule has 1 heterocycles. The molecule has 4 aromatic carbocycles. The third-order valence-electron chi connectivity index (χ3n) is 8.39. The number of nitrogens with zero attached hydrogens (tertiary/aromatic N) is 1. The minimum atomic E-state index is 0.000118. The molecule has 0 saturated carbocycles. The van der Waals surface area contributed by atoms with E-state index in [4.69, 9.17) is 0 Å². The lowest BCUT2D eigenvalue weighted by molar-refractivity contribution is 0.512. The van der Waals surface area contributed by atoms with E-state index in [1.165, 1.54) is 55.3 Å². The molecule has 1 heteroatoms. The zero-order valence-corrected chi connectivity index (χ0v) is 24.7. The highest BCUT2D eigenvalue weighted by Gasteiger charge is 2.29. The summed E-state index contributed by atoms with van der Waals surface area (Å²) in [6.07, 6.45) is 1.06. The second-order valence-corrected chi connectivity index (χ2v) is 13.6. The molecule has 0 N–H and O–H groups in total. The Bertz CT molecular complexity index is 1580. The van der Waals surface area contributed by atoms with Gasteiger partial charge in [-0.2, -0.15) is 0 Å². The second kappa shape index (κ2) is 9.16. The van der Waals surface area contributed by atoms with Gasteiger partial charge in [-0.1, -0.05) is 123 Å². The van der Waals surface area contributed by atoms with Crippen LogP contribution in [0.15, 0.2) is 84.9 Å². The molecule has 0 radical (unpaired) electrons. The molecule has 0 amide bonds. The molecule has 0 aliphatic rings. The Morgan fingerprint density at radius 2 is 1.18 bits per heavy atom. The standard InChI is InChI=1S/C37H43N/c1-10-37(8,9)34-29(25-22-26(35(2,3)4)24-27(23-25)36(5,6)7)20-21-32-33(34)30-18-14-15-19-31(30)38(32)28-16-12-11-13-17-28/h11-24H,10H2,1-9H3. The maximum atomic E-state index is 2.45. The fourth-order valence-electron chi connectivity index (χ4n) is 5.69. The summed E-state index contributed by atoms with van der Waals surface area (Å²) in [5, 5.41) is 2.71. The normalized spacial score (nSPS) is 13.0. The van der Waals surface area contributed by atoms with Gasteiger partial charge in [-0.3, -0.25) is 0 Å². The van der Waals surface area contributed by atoms with Gasteiger partial charge in [0.2, 0.25) is 0 Å². The molecule has 38 heavy (non-hydrogen) atoms. The molecule has 0 bridgehead atoms. The Labute approximate surface area is 229 Å². The van der Waals surface area contributed by atoms with Crippen molar-refractivity contribution in [3.05, 3.63) is 102 Å². The van der Waals surface area contributed by atoms with Gasteiger partial charge in [0, 0.05) is 16.5 Å². The van der Waals surface area contributed by atoms with Gasteiger partial charge in [-0.25, -0.2) is 0 Å². The van der Waals surface area contributed by atoms with Gasteiger partial charge in [0.1, 0.15) is 0 Å². The monoisotopic (exact) mass is 501 g/mol. The van der Waals surface area contributed by atoms with Gasteiger partial charge < -0.3 is 4.57 Å². The molecule has 0 fully saturated rings. The first kappa shape index (κ1) is 26.3. The number of para-hydroxylation sites is 2. The minimum Gasteiger partial charge on any atom is -0.309 e. The maximum absolute atomic E-state index is 2.45. The van der Waals surface area contributed by atoms with Crippen LogP contribution in [-0.4, -0.2) is 4.57 Å². The fraction of sp³-hybridized carbons (Fsp3) is 0.351. The van der Waals surface area contributed by atoms with Crippen molar-refractivity contribution in [2.24, 2.45) is 0 Å². The van der Waals surface area contributed by atoms with Crippen LogP contribution in [0.25, 0.3) is 38.6 Å². The molecule has 0 saturated heterocycles. The van der Waals surface area contributed by atoms with E-state index >= 15 is 0 Å². The number of benzene rings is 4. The highest BCUT2D eigenvalue weighted by atomic mass is 15.0. The Hall–Kier alpha value is -3.32. The summed E-state index contributed by atoms with van der Waals surface area (Å²) in [6, 6.07) is 31.8. The summed E-state index contributed by atoms with van der Waals surface area (Å²) in [5.74, 6) is 0. The summed E-state index contributed by atoms with van der Waals surface area (Å²) >= 11 is 0. The molecule has 0 unspecified atom stereocenters. The first-order valence-electron chi connectivity index (χ1n) is 14.1. The molecule has 0 aliphatic heterocycles. The molecule has 0 spiro atoms. The number of fused-ring (bicyclic) bond motifs is 3. The molecule has 0 atom stereocenters. The van der Waals surface area contributed by atoms with Crippen molar-refractivity contribution in [3.8, 4) is 16.8 Å². The zero-order chi connectivity index (χ0) is 27.5. The Morgan fingerprint density at radius 3 is 1.76 bits per heavy atom. The van der Waals surface area contributed by atoms with E-state index in [0.29, 0.717) is 0 Å². The SMILES string of the molecule is CCC(C)(C)c1c(-c2cc(C(C)(C)C)cc(C(C)(C)C)c2)ccc2c1c1ccccc1n2-c1ccccc1. The van der Waals surface area contributed by atoms with Crippen LogP contribution in [0.4, 0.5) is 0 Å². The van der Waals surface area contributed by atoms with Gasteiger partial charge in [-0.15, -0.1) is 0 Å². The summed E-state index contributed by atoms with van der Waals surface area (Å²) in [5.41, 5.74) is 10.8. The van der Waals surface area contributed by atoms with E-state index in [0.717, 1.165) is 6.42 Å². The smallest absolute Gasteiger partial charge is 0.0544 e. The molecule has 196 valence electrons. The van der Waals surface area contributed by atoms with E-state index in [9.17, 15) is 0 Å². The van der Waals surface area contributed by atoms with Crippen LogP contribution in [0.5, 0.6) is 0 Å². The van der Waals surface area contributed by atoms with Crippen molar-refractivity contribution >= 4 is 21.8 Å². The zero-order valence-electron chi connectivity index (χ0n) is 24.7. The van der Waals surface area contributed by atoms with E-state index in [1.54, 1.807) is 0 Å². The lowest BCUT2D eigenvalue weighted by Crippen LogP contribution is -2.19. The van der Waals surface area contributed by atoms with Crippen LogP contribution in [0, 0.1) is 0 Å². The predicted octanol–water partition coefficient (Wildman–Crippen LogP) is 10.7. The number of hydrogen-bond donors (Lipinski definition) is 0. The fourth-order valence-corrected chi connectivity index (χ4v) is 5.69. The lowest BCUT2D eigenvalue weighted by Gasteiger charge is -2.30. The quantitative estimate of drug-likeness (QED) is 0.231. The van der Waals surface area contributed by atoms with Crippen LogP contribution in [0.2, 0.25) is 0 Å². The van der Waals surface area contributed by atoms with Crippen molar-refractivity contribution in [3.63, 3.8) is 0 Å². The van der Waals surface area contributed by atoms with Crippen molar-refractivity contribution in [1.82, 2.24) is 4.57 Å². The van der Waals surface area contributed by atoms with Crippen LogP contribution in [0.1, 0.15) is 85.4 Å². The van der Waals surface area contributed by atoms with Crippen LogP contribution in [0.3, 0.4) is 0 Å². The number of rotatable bonds is 4. The van der Waals surface area contributed by atoms with Crippen molar-refractivity contribution in [2.75, 3.05) is 0 Å². The van der Waals surface area contributed by atoms with Crippen LogP contribution >= 0.6 is 0 Å².